The Morgan fingerprint density at radius 2 is 1.74 bits per heavy atom. The zero-order valence-electron chi connectivity index (χ0n) is 16.8. The number of benzene rings is 2. The summed E-state index contributed by atoms with van der Waals surface area (Å²) < 4.78 is 10.5. The van der Waals surface area contributed by atoms with Crippen molar-refractivity contribution in [3.05, 3.63) is 83.8 Å². The van der Waals surface area contributed by atoms with E-state index in [-0.39, 0.29) is 12.5 Å². The summed E-state index contributed by atoms with van der Waals surface area (Å²) in [6.45, 7) is 0.154. The molecule has 6 nitrogen and oxygen atoms in total. The van der Waals surface area contributed by atoms with Crippen LogP contribution in [-0.2, 0) is 15.3 Å². The summed E-state index contributed by atoms with van der Waals surface area (Å²) in [6.07, 6.45) is 2.86. The number of nitrogens with one attached hydrogen (secondary N) is 1. The summed E-state index contributed by atoms with van der Waals surface area (Å²) in [5.74, 6) is 0.184. The van der Waals surface area contributed by atoms with Crippen LogP contribution in [0.3, 0.4) is 0 Å². The lowest BCUT2D eigenvalue weighted by molar-refractivity contribution is -0.139. The van der Waals surface area contributed by atoms with Crippen molar-refractivity contribution >= 4 is 23.8 Å². The zero-order valence-corrected chi connectivity index (χ0v) is 17.6. The first-order valence-electron chi connectivity index (χ1n) is 10.1. The van der Waals surface area contributed by atoms with Crippen LogP contribution in [0.15, 0.2) is 71.5 Å². The molecule has 2 N–H and O–H groups in total. The normalized spacial score (nSPS) is 13.3. The van der Waals surface area contributed by atoms with Crippen LogP contribution in [0.25, 0.3) is 11.1 Å². The Hall–Kier alpha value is -3.19. The second kappa shape index (κ2) is 9.75. The van der Waals surface area contributed by atoms with E-state index in [2.05, 4.69) is 17.4 Å². The maximum absolute atomic E-state index is 12.3. The van der Waals surface area contributed by atoms with Crippen molar-refractivity contribution in [2.45, 2.75) is 24.1 Å². The van der Waals surface area contributed by atoms with Crippen molar-refractivity contribution in [1.29, 1.82) is 0 Å². The van der Waals surface area contributed by atoms with Gasteiger partial charge in [0.05, 0.1) is 12.5 Å². The molecule has 1 aliphatic carbocycles. The van der Waals surface area contributed by atoms with Crippen molar-refractivity contribution in [1.82, 2.24) is 5.32 Å². The quantitative estimate of drug-likeness (QED) is 0.463. The number of carbonyl (C=O) groups is 2. The van der Waals surface area contributed by atoms with E-state index >= 15 is 0 Å². The van der Waals surface area contributed by atoms with E-state index in [9.17, 15) is 14.7 Å². The monoisotopic (exact) mass is 437 g/mol. The van der Waals surface area contributed by atoms with Crippen molar-refractivity contribution in [3.8, 4) is 11.1 Å². The SMILES string of the molecule is O=C(NC(CCSCc1ccoc1)C(=O)O)OCC1c2ccccc2-c2ccccc21. The third kappa shape index (κ3) is 4.94. The van der Waals surface area contributed by atoms with Crippen LogP contribution < -0.4 is 5.32 Å². The lowest BCUT2D eigenvalue weighted by atomic mass is 9.98. The standard InChI is InChI=1S/C24H23NO5S/c26-23(27)22(10-12-31-15-16-9-11-29-13-16)25-24(28)30-14-21-19-7-3-1-5-17(19)18-6-2-4-8-20(18)21/h1-9,11,13,21-22H,10,12,14-15H2,(H,25,28)(H,26,27). The Balaban J connectivity index is 1.31. The number of carboxylic acid groups (broad SMARTS) is 1. The van der Waals surface area contributed by atoms with Gasteiger partial charge in [0.1, 0.15) is 12.6 Å². The van der Waals surface area contributed by atoms with E-state index in [0.717, 1.165) is 33.6 Å². The van der Waals surface area contributed by atoms with Crippen LogP contribution in [0.1, 0.15) is 29.0 Å². The summed E-state index contributed by atoms with van der Waals surface area (Å²) >= 11 is 1.59. The molecule has 4 rings (SSSR count). The smallest absolute Gasteiger partial charge is 0.407 e. The zero-order chi connectivity index (χ0) is 21.6. The molecule has 0 radical (unpaired) electrons. The summed E-state index contributed by atoms with van der Waals surface area (Å²) in [4.78, 5) is 23.9. The highest BCUT2D eigenvalue weighted by Crippen LogP contribution is 2.44. The predicted octanol–water partition coefficient (Wildman–Crippen LogP) is 4.89. The molecule has 0 saturated heterocycles. The van der Waals surface area contributed by atoms with Crippen molar-refractivity contribution < 1.29 is 23.8 Å². The summed E-state index contributed by atoms with van der Waals surface area (Å²) in [6, 6.07) is 17.0. The van der Waals surface area contributed by atoms with Gasteiger partial charge in [0.15, 0.2) is 0 Å². The van der Waals surface area contributed by atoms with E-state index in [1.54, 1.807) is 24.3 Å². The molecule has 31 heavy (non-hydrogen) atoms. The first-order chi connectivity index (χ1) is 15.1. The van der Waals surface area contributed by atoms with E-state index in [0.29, 0.717) is 12.2 Å². The minimum Gasteiger partial charge on any atom is -0.480 e. The van der Waals surface area contributed by atoms with E-state index in [1.807, 2.05) is 42.5 Å². The van der Waals surface area contributed by atoms with Gasteiger partial charge in [-0.1, -0.05) is 48.5 Å². The van der Waals surface area contributed by atoms with E-state index < -0.39 is 18.1 Å². The maximum Gasteiger partial charge on any atom is 0.407 e. The molecule has 0 bridgehead atoms. The highest BCUT2D eigenvalue weighted by atomic mass is 32.2. The minimum absolute atomic E-state index is 0.0630. The average molecular weight is 438 g/mol. The topological polar surface area (TPSA) is 88.8 Å². The van der Waals surface area contributed by atoms with Crippen LogP contribution in [0.4, 0.5) is 4.79 Å². The molecule has 1 unspecified atom stereocenters. The number of alkyl carbamates (subject to hydrolysis) is 1. The molecule has 2 aromatic carbocycles. The number of ether oxygens (including phenoxy) is 1. The summed E-state index contributed by atoms with van der Waals surface area (Å²) in [5, 5.41) is 11.9. The first-order valence-corrected chi connectivity index (χ1v) is 11.2. The molecule has 1 atom stereocenters. The Kier molecular flexibility index (Phi) is 6.62. The summed E-state index contributed by atoms with van der Waals surface area (Å²) in [7, 11) is 0. The van der Waals surface area contributed by atoms with Gasteiger partial charge >= 0.3 is 12.1 Å². The number of thioether (sulfide) groups is 1. The molecule has 7 heteroatoms. The second-order valence-corrected chi connectivity index (χ2v) is 8.44. The number of furan rings is 1. The first kappa shape index (κ1) is 21.1. The molecule has 1 aliphatic rings. The van der Waals surface area contributed by atoms with Crippen LogP contribution in [-0.4, -0.2) is 35.6 Å². The molecule has 1 amide bonds. The Labute approximate surface area is 184 Å². The molecule has 0 spiro atoms. The molecule has 0 fully saturated rings. The lowest BCUT2D eigenvalue weighted by Gasteiger charge is -2.17. The van der Waals surface area contributed by atoms with E-state index in [4.69, 9.17) is 9.15 Å². The van der Waals surface area contributed by atoms with Gasteiger partial charge in [0.25, 0.3) is 0 Å². The van der Waals surface area contributed by atoms with Crippen LogP contribution in [0.5, 0.6) is 0 Å². The Morgan fingerprint density at radius 1 is 1.06 bits per heavy atom. The fourth-order valence-corrected chi connectivity index (χ4v) is 4.75. The van der Waals surface area contributed by atoms with Crippen molar-refractivity contribution in [2.24, 2.45) is 0 Å². The number of carbonyl (C=O) groups excluding carboxylic acids is 1. The van der Waals surface area contributed by atoms with Crippen LogP contribution >= 0.6 is 11.8 Å². The van der Waals surface area contributed by atoms with Crippen molar-refractivity contribution in [3.63, 3.8) is 0 Å². The number of amides is 1. The number of rotatable bonds is 9. The number of hydrogen-bond acceptors (Lipinski definition) is 5. The fourth-order valence-electron chi connectivity index (χ4n) is 3.81. The number of hydrogen-bond donors (Lipinski definition) is 2. The van der Waals surface area contributed by atoms with Gasteiger partial charge < -0.3 is 19.6 Å². The van der Waals surface area contributed by atoms with Gasteiger partial charge in [-0.25, -0.2) is 9.59 Å². The van der Waals surface area contributed by atoms with E-state index in [1.165, 1.54) is 0 Å². The Morgan fingerprint density at radius 3 is 2.35 bits per heavy atom. The number of fused-ring (bicyclic) bond motifs is 3. The third-order valence-electron chi connectivity index (χ3n) is 5.33. The molecule has 0 aliphatic heterocycles. The molecular weight excluding hydrogens is 414 g/mol. The third-order valence-corrected chi connectivity index (χ3v) is 6.40. The van der Waals surface area contributed by atoms with Gasteiger partial charge in [-0.2, -0.15) is 11.8 Å². The predicted molar refractivity (Wildman–Crippen MR) is 119 cm³/mol. The molecule has 1 heterocycles. The number of carboxylic acids is 1. The van der Waals surface area contributed by atoms with Gasteiger partial charge in [-0.15, -0.1) is 0 Å². The number of aliphatic carboxylic acids is 1. The largest absolute Gasteiger partial charge is 0.480 e. The highest BCUT2D eigenvalue weighted by molar-refractivity contribution is 7.98. The molecular formula is C24H23NO5S. The average Bonchev–Trinajstić information content (AvgIpc) is 3.40. The summed E-state index contributed by atoms with van der Waals surface area (Å²) in [5.41, 5.74) is 5.56. The fraction of sp³-hybridized carbons (Fsp3) is 0.250. The van der Waals surface area contributed by atoms with Crippen molar-refractivity contribution in [2.75, 3.05) is 12.4 Å². The molecule has 160 valence electrons. The van der Waals surface area contributed by atoms with Gasteiger partial charge in [0.2, 0.25) is 0 Å². The molecule has 3 aromatic rings. The lowest BCUT2D eigenvalue weighted by Crippen LogP contribution is -2.41. The van der Waals surface area contributed by atoms with Crippen LogP contribution in [0.2, 0.25) is 0 Å². The molecule has 0 saturated carbocycles. The second-order valence-electron chi connectivity index (χ2n) is 7.33. The van der Waals surface area contributed by atoms with Crippen LogP contribution in [0, 0.1) is 0 Å². The maximum atomic E-state index is 12.3. The Bertz CT molecular complexity index is 1000. The highest BCUT2D eigenvalue weighted by Gasteiger charge is 2.29. The van der Waals surface area contributed by atoms with Gasteiger partial charge in [-0.3, -0.25) is 0 Å². The molecule has 1 aromatic heterocycles. The van der Waals surface area contributed by atoms with Gasteiger partial charge in [0, 0.05) is 17.2 Å². The minimum atomic E-state index is -1.07. The van der Waals surface area contributed by atoms with Gasteiger partial charge in [-0.05, 0) is 40.5 Å².